The molecule has 3 nitrogen and oxygen atoms in total. The van der Waals surface area contributed by atoms with Crippen LogP contribution in [0.5, 0.6) is 0 Å². The number of aromatic amines is 1. The van der Waals surface area contributed by atoms with E-state index in [2.05, 4.69) is 15.2 Å². The minimum atomic E-state index is 0. The van der Waals surface area contributed by atoms with Crippen molar-refractivity contribution in [3.8, 4) is 0 Å². The summed E-state index contributed by atoms with van der Waals surface area (Å²) in [5, 5.41) is 7.13. The lowest BCUT2D eigenvalue weighted by atomic mass is 10.8. The van der Waals surface area contributed by atoms with E-state index < -0.39 is 0 Å². The number of nitrogens with one attached hydrogen (secondary N) is 1. The molecule has 1 aromatic rings. The van der Waals surface area contributed by atoms with Crippen molar-refractivity contribution in [1.29, 1.82) is 0 Å². The highest BCUT2D eigenvalue weighted by atomic mass is 35.5. The zero-order chi connectivity index (χ0) is 4.41. The Balaban J connectivity index is 0.000000360. The number of H-pyrrole nitrogens is 1. The molecule has 0 fully saturated rings. The molecule has 0 saturated carbocycles. The van der Waals surface area contributed by atoms with Crippen LogP contribution in [0.4, 0.5) is 0 Å². The highest BCUT2D eigenvalue weighted by Crippen LogP contribution is 1.73. The third kappa shape index (κ3) is 1.55. The number of halogens is 1. The van der Waals surface area contributed by atoms with Gasteiger partial charge < -0.3 is 4.98 Å². The zero-order valence-corrected chi connectivity index (χ0v) is 4.70. The fraction of sp³-hybridized carbons (Fsp3) is 0.333. The summed E-state index contributed by atoms with van der Waals surface area (Å²) in [6, 6.07) is 0. The molecule has 4 heteroatoms. The van der Waals surface area contributed by atoms with Gasteiger partial charge in [0.05, 0.1) is 0 Å². The van der Waals surface area contributed by atoms with Crippen molar-refractivity contribution in [3.63, 3.8) is 0 Å². The van der Waals surface area contributed by atoms with Gasteiger partial charge in [-0.2, -0.15) is 0 Å². The summed E-state index contributed by atoms with van der Waals surface area (Å²) in [7, 11) is 0. The number of hydrogen-bond donors (Lipinski definition) is 1. The van der Waals surface area contributed by atoms with Crippen molar-refractivity contribution in [1.82, 2.24) is 15.2 Å². The van der Waals surface area contributed by atoms with Crippen LogP contribution in [0.25, 0.3) is 0 Å². The van der Waals surface area contributed by atoms with E-state index in [-0.39, 0.29) is 12.4 Å². The molecule has 0 amide bonds. The predicted octanol–water partition coefficient (Wildman–Crippen LogP) is 0.535. The molecule has 0 unspecified atom stereocenters. The van der Waals surface area contributed by atoms with Crippen molar-refractivity contribution >= 4 is 12.4 Å². The second kappa shape index (κ2) is 2.58. The average molecular weight is 120 g/mol. The van der Waals surface area contributed by atoms with Gasteiger partial charge in [-0.05, 0) is 6.92 Å². The first kappa shape index (κ1) is 6.43. The third-order valence-corrected chi connectivity index (χ3v) is 0.539. The van der Waals surface area contributed by atoms with E-state index in [4.69, 9.17) is 0 Å². The second-order valence-corrected chi connectivity index (χ2v) is 1.07. The number of rotatable bonds is 0. The molecule has 0 aliphatic rings. The van der Waals surface area contributed by atoms with Gasteiger partial charge in [-0.3, -0.25) is 0 Å². The smallest absolute Gasteiger partial charge is 0.127 e. The summed E-state index contributed by atoms with van der Waals surface area (Å²) < 4.78 is 0. The third-order valence-electron chi connectivity index (χ3n) is 0.539. The van der Waals surface area contributed by atoms with Crippen molar-refractivity contribution < 1.29 is 0 Å². The largest absolute Gasteiger partial charge is 0.332 e. The molecule has 0 atom stereocenters. The summed E-state index contributed by atoms with van der Waals surface area (Å²) in [6.45, 7) is 1.85. The van der Waals surface area contributed by atoms with Crippen LogP contribution in [0.2, 0.25) is 0 Å². The Bertz CT molecular complexity index is 114. The highest BCUT2D eigenvalue weighted by Gasteiger charge is 1.75. The van der Waals surface area contributed by atoms with Gasteiger partial charge in [-0.1, -0.05) is 0 Å². The van der Waals surface area contributed by atoms with E-state index in [1.54, 1.807) is 6.33 Å². The highest BCUT2D eigenvalue weighted by molar-refractivity contribution is 5.85. The maximum atomic E-state index is 3.61. The Hall–Kier alpha value is -0.570. The van der Waals surface area contributed by atoms with Gasteiger partial charge in [-0.25, -0.2) is 0 Å². The minimum absolute atomic E-state index is 0. The maximum Gasteiger partial charge on any atom is 0.127 e. The summed E-state index contributed by atoms with van der Waals surface area (Å²) in [5.41, 5.74) is 0. The van der Waals surface area contributed by atoms with Crippen molar-refractivity contribution in [2.24, 2.45) is 0 Å². The standard InChI is InChI=1S/C3H5N3.ClH/c1-3-4-2-5-6-3;/h2H,1H3,(H,4,5,6);1H. The fourth-order valence-corrected chi connectivity index (χ4v) is 0.267. The monoisotopic (exact) mass is 119 g/mol. The molecular formula is C3H6ClN3. The number of nitrogens with zero attached hydrogens (tertiary/aromatic N) is 2. The van der Waals surface area contributed by atoms with Crippen LogP contribution in [-0.2, 0) is 0 Å². The normalized spacial score (nSPS) is 7.57. The van der Waals surface area contributed by atoms with Crippen LogP contribution >= 0.6 is 12.4 Å². The molecule has 0 spiro atoms. The Morgan fingerprint density at radius 2 is 2.43 bits per heavy atom. The van der Waals surface area contributed by atoms with Crippen LogP contribution < -0.4 is 0 Å². The van der Waals surface area contributed by atoms with Crippen LogP contribution in [-0.4, -0.2) is 15.2 Å². The number of aryl methyl sites for hydroxylation is 1. The topological polar surface area (TPSA) is 41.6 Å². The summed E-state index contributed by atoms with van der Waals surface area (Å²) in [5.74, 6) is 0.856. The molecule has 1 rings (SSSR count). The van der Waals surface area contributed by atoms with Gasteiger partial charge in [0.25, 0.3) is 0 Å². The Kier molecular flexibility index (Phi) is 2.37. The van der Waals surface area contributed by atoms with E-state index in [0.29, 0.717) is 0 Å². The molecule has 1 N–H and O–H groups in total. The molecule has 0 aliphatic heterocycles. The quantitative estimate of drug-likeness (QED) is 0.542. The van der Waals surface area contributed by atoms with Crippen LogP contribution in [0.15, 0.2) is 6.33 Å². The first-order valence-corrected chi connectivity index (χ1v) is 1.72. The Labute approximate surface area is 47.6 Å². The summed E-state index contributed by atoms with van der Waals surface area (Å²) >= 11 is 0. The van der Waals surface area contributed by atoms with Crippen LogP contribution in [0, 0.1) is 6.92 Å². The second-order valence-electron chi connectivity index (χ2n) is 1.07. The molecule has 0 bridgehead atoms. The number of hydrogen-bond acceptors (Lipinski definition) is 2. The minimum Gasteiger partial charge on any atom is -0.332 e. The molecule has 0 saturated heterocycles. The lowest BCUT2D eigenvalue weighted by molar-refractivity contribution is 1.04. The lowest BCUT2D eigenvalue weighted by Crippen LogP contribution is -1.68. The molecule has 0 aliphatic carbocycles. The van der Waals surface area contributed by atoms with Crippen LogP contribution in [0.1, 0.15) is 5.82 Å². The molecule has 0 aromatic carbocycles. The Morgan fingerprint density at radius 3 is 2.57 bits per heavy atom. The van der Waals surface area contributed by atoms with Gasteiger partial charge in [0.2, 0.25) is 0 Å². The molecule has 1 aromatic heterocycles. The predicted molar refractivity (Wildman–Crippen MR) is 28.4 cm³/mol. The zero-order valence-electron chi connectivity index (χ0n) is 3.88. The van der Waals surface area contributed by atoms with E-state index in [1.807, 2.05) is 6.92 Å². The first-order valence-electron chi connectivity index (χ1n) is 1.72. The maximum absolute atomic E-state index is 3.61. The van der Waals surface area contributed by atoms with E-state index in [9.17, 15) is 0 Å². The molecular weight excluding hydrogens is 114 g/mol. The Morgan fingerprint density at radius 1 is 1.71 bits per heavy atom. The lowest BCUT2D eigenvalue weighted by Gasteiger charge is -1.65. The van der Waals surface area contributed by atoms with Gasteiger partial charge in [-0.15, -0.1) is 22.6 Å². The van der Waals surface area contributed by atoms with E-state index >= 15 is 0 Å². The van der Waals surface area contributed by atoms with E-state index in [1.165, 1.54) is 0 Å². The van der Waals surface area contributed by atoms with Crippen molar-refractivity contribution in [2.75, 3.05) is 0 Å². The molecule has 7 heavy (non-hydrogen) atoms. The number of aromatic nitrogens is 3. The summed E-state index contributed by atoms with van der Waals surface area (Å²) in [4.78, 5) is 2.78. The van der Waals surface area contributed by atoms with Gasteiger partial charge in [0, 0.05) is 0 Å². The van der Waals surface area contributed by atoms with Gasteiger partial charge >= 0.3 is 0 Å². The molecule has 0 radical (unpaired) electrons. The summed E-state index contributed by atoms with van der Waals surface area (Å²) in [6.07, 6.45) is 1.55. The fourth-order valence-electron chi connectivity index (χ4n) is 0.267. The van der Waals surface area contributed by atoms with Crippen molar-refractivity contribution in [2.45, 2.75) is 6.92 Å². The average Bonchev–Trinajstić information content (AvgIpc) is 1.86. The van der Waals surface area contributed by atoms with Crippen LogP contribution in [0.3, 0.4) is 0 Å². The van der Waals surface area contributed by atoms with Gasteiger partial charge in [0.15, 0.2) is 0 Å². The SMILES string of the molecule is Cc1nnc[nH]1.Cl. The molecule has 40 valence electrons. The van der Waals surface area contributed by atoms with E-state index in [0.717, 1.165) is 5.82 Å². The van der Waals surface area contributed by atoms with Gasteiger partial charge in [0.1, 0.15) is 12.2 Å². The molecule has 1 heterocycles. The van der Waals surface area contributed by atoms with Crippen molar-refractivity contribution in [3.05, 3.63) is 12.2 Å². The first-order chi connectivity index (χ1) is 2.89.